The second-order valence-electron chi connectivity index (χ2n) is 4.31. The molecule has 0 rings (SSSR count). The lowest BCUT2D eigenvalue weighted by Crippen LogP contribution is -3.12. The molecule has 0 unspecified atom stereocenters. The third-order valence-corrected chi connectivity index (χ3v) is 2.65. The predicted octanol–water partition coefficient (Wildman–Crippen LogP) is 1.90. The second kappa shape index (κ2) is 16.0. The molecule has 0 saturated heterocycles. The van der Waals surface area contributed by atoms with Crippen LogP contribution in [-0.2, 0) is 4.57 Å². The molecule has 0 amide bonds. The van der Waals surface area contributed by atoms with Crippen LogP contribution in [0.4, 0.5) is 0 Å². The van der Waals surface area contributed by atoms with Crippen molar-refractivity contribution in [2.45, 2.75) is 59.3 Å². The van der Waals surface area contributed by atoms with Crippen molar-refractivity contribution < 1.29 is 19.3 Å². The van der Waals surface area contributed by atoms with Crippen LogP contribution in [0.5, 0.6) is 0 Å². The first-order chi connectivity index (χ1) is 8.08. The molecule has 0 bridgehead atoms. The monoisotopic (exact) mass is 267 g/mol. The molecule has 0 saturated carbocycles. The highest BCUT2D eigenvalue weighted by Gasteiger charge is 2.05. The summed E-state index contributed by atoms with van der Waals surface area (Å²) in [6, 6.07) is 0. The molecule has 0 aromatic heterocycles. The largest absolute Gasteiger partial charge is 0.692 e. The van der Waals surface area contributed by atoms with Crippen LogP contribution in [0.2, 0.25) is 0 Å². The van der Waals surface area contributed by atoms with Gasteiger partial charge < -0.3 is 4.90 Å². The third-order valence-electron chi connectivity index (χ3n) is 2.65. The Hall–Kier alpha value is -0.0200. The Labute approximate surface area is 107 Å². The molecule has 0 heterocycles. The molecule has 104 valence electrons. The van der Waals surface area contributed by atoms with Gasteiger partial charge in [-0.2, -0.15) is 0 Å². The van der Waals surface area contributed by atoms with Crippen molar-refractivity contribution in [3.8, 4) is 0 Å². The van der Waals surface area contributed by atoms with E-state index in [2.05, 4.69) is 20.8 Å². The quantitative estimate of drug-likeness (QED) is 0.559. The van der Waals surface area contributed by atoms with E-state index in [-0.39, 0.29) is 0 Å². The highest BCUT2D eigenvalue weighted by Crippen LogP contribution is 1.98. The summed E-state index contributed by atoms with van der Waals surface area (Å²) in [7, 11) is -2.87. The van der Waals surface area contributed by atoms with Crippen molar-refractivity contribution in [2.75, 3.05) is 19.6 Å². The SMILES string of the molecule is CCCC[NH+](CCCC)CCCC.O=[P+](O)O. The van der Waals surface area contributed by atoms with Gasteiger partial charge in [0.1, 0.15) is 0 Å². The standard InChI is InChI=1S/C12H27N.HO3P/c1-4-7-10-13(11-8-5-2)12-9-6-3;1-4(2)3/h4-12H2,1-3H3;(H-,1,2,3)/p+2. The molecule has 0 atom stereocenters. The first-order valence-corrected chi connectivity index (χ1v) is 7.93. The number of hydrogen-bond donors (Lipinski definition) is 3. The maximum Gasteiger partial charge on any atom is 0.692 e. The first-order valence-electron chi connectivity index (χ1n) is 6.76. The molecule has 0 aliphatic carbocycles. The van der Waals surface area contributed by atoms with Crippen molar-refractivity contribution in [3.05, 3.63) is 0 Å². The van der Waals surface area contributed by atoms with E-state index in [4.69, 9.17) is 14.4 Å². The molecular weight excluding hydrogens is 237 g/mol. The van der Waals surface area contributed by atoms with Crippen molar-refractivity contribution in [2.24, 2.45) is 0 Å². The number of quaternary nitrogens is 1. The lowest BCUT2D eigenvalue weighted by molar-refractivity contribution is -0.900. The van der Waals surface area contributed by atoms with Gasteiger partial charge >= 0.3 is 8.25 Å². The number of rotatable bonds is 9. The van der Waals surface area contributed by atoms with Gasteiger partial charge in [-0.25, -0.2) is 0 Å². The molecular formula is C12H30NO3P+2. The van der Waals surface area contributed by atoms with E-state index in [0.29, 0.717) is 0 Å². The van der Waals surface area contributed by atoms with Crippen LogP contribution in [0.25, 0.3) is 0 Å². The van der Waals surface area contributed by atoms with Crippen LogP contribution in [0, 0.1) is 0 Å². The molecule has 0 aliphatic rings. The lowest BCUT2D eigenvalue weighted by atomic mass is 10.2. The molecule has 4 nitrogen and oxygen atoms in total. The molecule has 0 aliphatic heterocycles. The highest BCUT2D eigenvalue weighted by molar-refractivity contribution is 7.30. The Morgan fingerprint density at radius 2 is 1.06 bits per heavy atom. The van der Waals surface area contributed by atoms with Gasteiger partial charge in [-0.3, -0.25) is 0 Å². The van der Waals surface area contributed by atoms with Crippen molar-refractivity contribution in [1.29, 1.82) is 0 Å². The van der Waals surface area contributed by atoms with Crippen LogP contribution in [0.3, 0.4) is 0 Å². The van der Waals surface area contributed by atoms with Gasteiger partial charge in [-0.05, 0) is 19.3 Å². The fourth-order valence-electron chi connectivity index (χ4n) is 1.66. The van der Waals surface area contributed by atoms with Gasteiger partial charge in [0.2, 0.25) is 0 Å². The van der Waals surface area contributed by atoms with Crippen LogP contribution in [0.15, 0.2) is 0 Å². The summed E-state index contributed by atoms with van der Waals surface area (Å²) in [6.07, 6.45) is 8.26. The summed E-state index contributed by atoms with van der Waals surface area (Å²) < 4.78 is 8.70. The van der Waals surface area contributed by atoms with Gasteiger partial charge in [-0.1, -0.05) is 40.0 Å². The summed E-state index contributed by atoms with van der Waals surface area (Å²) in [5.74, 6) is 0. The second-order valence-corrected chi connectivity index (χ2v) is 4.82. The van der Waals surface area contributed by atoms with Crippen LogP contribution >= 0.6 is 8.25 Å². The van der Waals surface area contributed by atoms with Gasteiger partial charge in [-0.15, -0.1) is 9.79 Å². The van der Waals surface area contributed by atoms with Crippen LogP contribution in [0.1, 0.15) is 59.3 Å². The van der Waals surface area contributed by atoms with Crippen molar-refractivity contribution in [3.63, 3.8) is 0 Å². The molecule has 0 spiro atoms. The Bertz CT molecular complexity index is 145. The van der Waals surface area contributed by atoms with E-state index in [9.17, 15) is 0 Å². The maximum atomic E-state index is 8.70. The van der Waals surface area contributed by atoms with E-state index in [1.165, 1.54) is 58.2 Å². The summed E-state index contributed by atoms with van der Waals surface area (Å²) >= 11 is 0. The molecule has 3 N–H and O–H groups in total. The van der Waals surface area contributed by atoms with E-state index < -0.39 is 8.25 Å². The Kier molecular flexibility index (Phi) is 18.2. The number of unbranched alkanes of at least 4 members (excludes halogenated alkanes) is 3. The average molecular weight is 267 g/mol. The Morgan fingerprint density at radius 3 is 1.24 bits per heavy atom. The minimum atomic E-state index is -2.87. The van der Waals surface area contributed by atoms with Crippen LogP contribution < -0.4 is 4.90 Å². The molecule has 0 aromatic rings. The Morgan fingerprint density at radius 1 is 0.824 bits per heavy atom. The van der Waals surface area contributed by atoms with Crippen LogP contribution in [-0.4, -0.2) is 29.4 Å². The zero-order chi connectivity index (χ0) is 13.5. The fourth-order valence-corrected chi connectivity index (χ4v) is 1.66. The number of nitrogens with one attached hydrogen (secondary N) is 1. The summed E-state index contributed by atoms with van der Waals surface area (Å²) in [5, 5.41) is 0. The fraction of sp³-hybridized carbons (Fsp3) is 1.00. The predicted molar refractivity (Wildman–Crippen MR) is 72.3 cm³/mol. The minimum Gasteiger partial charge on any atom is -0.335 e. The van der Waals surface area contributed by atoms with E-state index >= 15 is 0 Å². The third kappa shape index (κ3) is 21.8. The normalized spacial score (nSPS) is 10.0. The number of hydrogen-bond acceptors (Lipinski definition) is 1. The smallest absolute Gasteiger partial charge is 0.335 e. The molecule has 0 fully saturated rings. The van der Waals surface area contributed by atoms with E-state index in [1.807, 2.05) is 4.90 Å². The Balaban J connectivity index is 0. The molecule has 17 heavy (non-hydrogen) atoms. The van der Waals surface area contributed by atoms with Crippen molar-refractivity contribution >= 4 is 8.25 Å². The maximum absolute atomic E-state index is 8.70. The lowest BCUT2D eigenvalue weighted by Gasteiger charge is -2.18. The topological polar surface area (TPSA) is 62.0 Å². The molecule has 0 aromatic carbocycles. The van der Waals surface area contributed by atoms with E-state index in [1.54, 1.807) is 0 Å². The van der Waals surface area contributed by atoms with Gasteiger partial charge in [0, 0.05) is 4.57 Å². The summed E-state index contributed by atoms with van der Waals surface area (Å²) in [4.78, 5) is 16.1. The zero-order valence-corrected chi connectivity index (χ0v) is 12.5. The van der Waals surface area contributed by atoms with Crippen molar-refractivity contribution in [1.82, 2.24) is 0 Å². The highest BCUT2D eigenvalue weighted by atomic mass is 31.1. The average Bonchev–Trinajstić information content (AvgIpc) is 2.27. The summed E-state index contributed by atoms with van der Waals surface area (Å²) in [6.45, 7) is 11.1. The van der Waals surface area contributed by atoms with Gasteiger partial charge in [0.25, 0.3) is 0 Å². The van der Waals surface area contributed by atoms with Gasteiger partial charge in [0.05, 0.1) is 19.6 Å². The van der Waals surface area contributed by atoms with E-state index in [0.717, 1.165) is 0 Å². The van der Waals surface area contributed by atoms with Gasteiger partial charge in [0.15, 0.2) is 0 Å². The zero-order valence-electron chi connectivity index (χ0n) is 11.6. The first kappa shape index (κ1) is 19.3. The summed E-state index contributed by atoms with van der Waals surface area (Å²) in [5.41, 5.74) is 0. The molecule has 5 heteroatoms. The molecule has 0 radical (unpaired) electrons. The minimum absolute atomic E-state index is 1.35.